The van der Waals surface area contributed by atoms with E-state index in [9.17, 15) is 19.2 Å². The molecule has 8 heteroatoms. The van der Waals surface area contributed by atoms with E-state index in [1.165, 1.54) is 26.4 Å². The van der Waals surface area contributed by atoms with Gasteiger partial charge in [0.2, 0.25) is 0 Å². The maximum atomic E-state index is 14.1. The van der Waals surface area contributed by atoms with Crippen LogP contribution >= 0.6 is 0 Å². The van der Waals surface area contributed by atoms with Crippen molar-refractivity contribution in [3.63, 3.8) is 0 Å². The van der Waals surface area contributed by atoms with Crippen molar-refractivity contribution >= 4 is 56.1 Å². The molecule has 1 aliphatic heterocycles. The molecule has 0 spiro atoms. The number of rotatable bonds is 7. The summed E-state index contributed by atoms with van der Waals surface area (Å²) in [4.78, 5) is 56.3. The summed E-state index contributed by atoms with van der Waals surface area (Å²) < 4.78 is 13.1. The topological polar surface area (TPSA) is 90.0 Å². The van der Waals surface area contributed by atoms with E-state index in [1.807, 2.05) is 91.0 Å². The molecule has 1 aliphatic rings. The Labute approximate surface area is 235 Å². The van der Waals surface area contributed by atoms with E-state index in [0.717, 1.165) is 15.4 Å². The second kappa shape index (κ2) is 11.4. The predicted molar refractivity (Wildman–Crippen MR) is 154 cm³/mol. The quantitative estimate of drug-likeness (QED) is 0.174. The average Bonchev–Trinajstić information content (AvgIpc) is 3.27. The Hall–Kier alpha value is -4.35. The van der Waals surface area contributed by atoms with Crippen LogP contribution < -0.4 is 10.5 Å². The molecule has 1 atom stereocenters. The first-order valence-electron chi connectivity index (χ1n) is 12.5. The second-order valence-electron chi connectivity index (χ2n) is 9.01. The number of esters is 2. The van der Waals surface area contributed by atoms with Crippen LogP contribution in [0.1, 0.15) is 20.7 Å². The first kappa shape index (κ1) is 27.2. The van der Waals surface area contributed by atoms with Gasteiger partial charge in [-0.25, -0.2) is 0 Å². The van der Waals surface area contributed by atoms with Crippen molar-refractivity contribution < 1.29 is 28.7 Å². The van der Waals surface area contributed by atoms with E-state index in [-0.39, 0.29) is 14.6 Å². The standard InChI is InChI=1S/C14H11NO6.3C6H5.Sb/c1-20-11(16)7-10(14(19)21-2)15-12(17)8-5-3-4-6-9(8)13(15)18;3*1-2-4-6-5-3-1;/h3-6,10H,1-2H3;3*1-5H;. The molecule has 0 fully saturated rings. The van der Waals surface area contributed by atoms with Gasteiger partial charge >= 0.3 is 236 Å². The van der Waals surface area contributed by atoms with Crippen LogP contribution in [0.3, 0.4) is 0 Å². The minimum absolute atomic E-state index is 0.0472. The van der Waals surface area contributed by atoms with E-state index >= 15 is 0 Å². The van der Waals surface area contributed by atoms with E-state index < -0.39 is 48.1 Å². The number of methoxy groups -OCH3 is 2. The Bertz CT molecular complexity index is 1510. The summed E-state index contributed by atoms with van der Waals surface area (Å²) in [7, 11) is 2.40. The molecule has 4 aromatic rings. The van der Waals surface area contributed by atoms with Crippen LogP contribution in [0.2, 0.25) is 0 Å². The third kappa shape index (κ3) is 4.36. The molecule has 0 aliphatic carbocycles. The number of ether oxygens (including phenoxy) is 2. The molecule has 2 amide bonds. The molecule has 0 aromatic heterocycles. The van der Waals surface area contributed by atoms with Crippen molar-refractivity contribution in [1.82, 2.24) is 4.90 Å². The molecule has 1 unspecified atom stereocenters. The van der Waals surface area contributed by atoms with Crippen molar-refractivity contribution in [2.75, 3.05) is 14.2 Å². The van der Waals surface area contributed by atoms with Gasteiger partial charge in [-0.05, 0) is 0 Å². The van der Waals surface area contributed by atoms with Crippen molar-refractivity contribution in [2.24, 2.45) is 0 Å². The predicted octanol–water partition coefficient (Wildman–Crippen LogP) is 1.92. The number of hydrogen-bond acceptors (Lipinski definition) is 6. The zero-order chi connectivity index (χ0) is 28.3. The van der Waals surface area contributed by atoms with E-state index in [2.05, 4.69) is 0 Å². The number of nitrogens with zero attached hydrogens (tertiary/aromatic N) is 1. The van der Waals surface area contributed by atoms with Gasteiger partial charge in [0.1, 0.15) is 0 Å². The molecule has 4 aromatic carbocycles. The van der Waals surface area contributed by atoms with Crippen LogP contribution in [-0.4, -0.2) is 70.7 Å². The van der Waals surface area contributed by atoms with E-state index in [4.69, 9.17) is 9.47 Å². The van der Waals surface area contributed by atoms with E-state index in [0.29, 0.717) is 0 Å². The first-order chi connectivity index (χ1) is 19.5. The Morgan fingerprint density at radius 2 is 0.975 bits per heavy atom. The normalized spacial score (nSPS) is 13.4. The van der Waals surface area contributed by atoms with Crippen molar-refractivity contribution in [1.29, 1.82) is 0 Å². The number of carbonyl (C=O) groups is 4. The third-order valence-electron chi connectivity index (χ3n) is 6.95. The fraction of sp³-hybridized carbons (Fsp3) is 0.0938. The molecular weight excluding hydrogens is 616 g/mol. The van der Waals surface area contributed by atoms with E-state index in [1.54, 1.807) is 12.1 Å². The summed E-state index contributed by atoms with van der Waals surface area (Å²) in [5.41, 5.74) is 0.314. The molecule has 0 bridgehead atoms. The molecule has 7 nitrogen and oxygen atoms in total. The van der Waals surface area contributed by atoms with Crippen LogP contribution in [0.4, 0.5) is 0 Å². The van der Waals surface area contributed by atoms with Gasteiger partial charge in [0.05, 0.1) is 0 Å². The van der Waals surface area contributed by atoms with Crippen molar-refractivity contribution in [2.45, 2.75) is 6.04 Å². The second-order valence-corrected chi connectivity index (χ2v) is 18.6. The van der Waals surface area contributed by atoms with Crippen LogP contribution in [0.5, 0.6) is 0 Å². The number of hydrogen-bond donors (Lipinski definition) is 0. The molecular formula is C32H26NO6Sb. The number of carbonyl (C=O) groups excluding carboxylic acids is 4. The summed E-state index contributed by atoms with van der Waals surface area (Å²) in [6, 6.07) is 33.1. The fourth-order valence-corrected chi connectivity index (χ4v) is 18.2. The first-order valence-corrected chi connectivity index (χ1v) is 17.6. The molecule has 40 heavy (non-hydrogen) atoms. The number of imide groups is 1. The van der Waals surface area contributed by atoms with Crippen LogP contribution in [0.25, 0.3) is 0 Å². The van der Waals surface area contributed by atoms with Gasteiger partial charge in [-0.3, -0.25) is 0 Å². The molecule has 0 N–H and O–H groups in total. The fourth-order valence-electron chi connectivity index (χ4n) is 5.25. The Morgan fingerprint density at radius 3 is 1.32 bits per heavy atom. The number of amides is 2. The van der Waals surface area contributed by atoms with Crippen LogP contribution in [0, 0.1) is 0 Å². The summed E-state index contributed by atoms with van der Waals surface area (Å²) >= 11 is -4.70. The summed E-state index contributed by atoms with van der Waals surface area (Å²) in [5, 5.41) is 0. The zero-order valence-electron chi connectivity index (χ0n) is 21.9. The Balaban J connectivity index is 2.01. The minimum atomic E-state index is -4.70. The number of benzene rings is 4. The van der Waals surface area contributed by atoms with Gasteiger partial charge in [-0.1, -0.05) is 0 Å². The Morgan fingerprint density at radius 1 is 0.600 bits per heavy atom. The summed E-state index contributed by atoms with van der Waals surface area (Å²) in [6.45, 7) is 0. The van der Waals surface area contributed by atoms with Gasteiger partial charge in [0.15, 0.2) is 0 Å². The Kier molecular flexibility index (Phi) is 7.76. The SMILES string of the molecule is COC(=O)[C](C(C(=O)OC)N1C(=O)c2ccccc2C1=O)=[Sb]([c]1ccccc1)([c]1ccccc1)[c]1ccccc1. The van der Waals surface area contributed by atoms with Crippen molar-refractivity contribution in [3.8, 4) is 0 Å². The third-order valence-corrected chi connectivity index (χ3v) is 19.4. The van der Waals surface area contributed by atoms with Crippen LogP contribution in [0.15, 0.2) is 115 Å². The summed E-state index contributed by atoms with van der Waals surface area (Å²) in [6.07, 6.45) is 0. The molecule has 0 saturated carbocycles. The molecule has 0 radical (unpaired) electrons. The summed E-state index contributed by atoms with van der Waals surface area (Å²) in [5.74, 6) is -3.04. The van der Waals surface area contributed by atoms with Gasteiger partial charge in [0, 0.05) is 0 Å². The van der Waals surface area contributed by atoms with Crippen LogP contribution in [-0.2, 0) is 19.1 Å². The van der Waals surface area contributed by atoms with Gasteiger partial charge in [0.25, 0.3) is 0 Å². The van der Waals surface area contributed by atoms with Gasteiger partial charge in [-0.15, -0.1) is 0 Å². The average molecular weight is 642 g/mol. The van der Waals surface area contributed by atoms with Gasteiger partial charge < -0.3 is 0 Å². The monoisotopic (exact) mass is 641 g/mol. The molecule has 0 saturated heterocycles. The number of fused-ring (bicyclic) bond motifs is 1. The maximum absolute atomic E-state index is 14.1. The molecule has 200 valence electrons. The molecule has 1 heterocycles. The van der Waals surface area contributed by atoms with Crippen molar-refractivity contribution in [3.05, 3.63) is 126 Å². The zero-order valence-corrected chi connectivity index (χ0v) is 24.4. The molecule has 5 rings (SSSR count). The van der Waals surface area contributed by atoms with Gasteiger partial charge in [-0.2, -0.15) is 0 Å².